The highest BCUT2D eigenvalue weighted by Gasteiger charge is 2.20. The van der Waals surface area contributed by atoms with Gasteiger partial charge in [-0.2, -0.15) is 0 Å². The monoisotopic (exact) mass is 330 g/mol. The number of benzene rings is 1. The largest absolute Gasteiger partial charge is 0.368 e. The molecule has 0 bridgehead atoms. The first-order chi connectivity index (χ1) is 11.4. The number of H-pyrrole nitrogens is 1. The number of aromatic nitrogens is 4. The lowest BCUT2D eigenvalue weighted by Gasteiger charge is -2.10. The molecule has 0 fully saturated rings. The SMILES string of the molecule is NC(=O)Cn1c(=O)c(=O)[nH]c2cc([N+](=O)[O-])c(-n3ccnc3)cc21. The molecule has 0 spiro atoms. The Bertz CT molecular complexity index is 1080. The Balaban J connectivity index is 2.44. The Morgan fingerprint density at radius 3 is 2.71 bits per heavy atom. The predicted molar refractivity (Wildman–Crippen MR) is 81.8 cm³/mol. The molecule has 3 aromatic rings. The molecule has 0 aliphatic carbocycles. The minimum absolute atomic E-state index is 0.0383. The van der Waals surface area contributed by atoms with E-state index in [1.54, 1.807) is 0 Å². The summed E-state index contributed by atoms with van der Waals surface area (Å²) in [7, 11) is 0. The Morgan fingerprint density at radius 2 is 2.12 bits per heavy atom. The van der Waals surface area contributed by atoms with Crippen LogP contribution in [0.4, 0.5) is 5.69 Å². The highest BCUT2D eigenvalue weighted by atomic mass is 16.6. The van der Waals surface area contributed by atoms with Crippen LogP contribution in [0.3, 0.4) is 0 Å². The predicted octanol–water partition coefficient (Wildman–Crippen LogP) is -0.731. The maximum absolute atomic E-state index is 12.0. The summed E-state index contributed by atoms with van der Waals surface area (Å²) in [5.74, 6) is -0.827. The molecule has 0 radical (unpaired) electrons. The molecule has 2 aromatic heterocycles. The van der Waals surface area contributed by atoms with E-state index >= 15 is 0 Å². The molecule has 3 N–H and O–H groups in total. The summed E-state index contributed by atoms with van der Waals surface area (Å²) in [5.41, 5.74) is 3.11. The van der Waals surface area contributed by atoms with Crippen LogP contribution in [0.15, 0.2) is 40.4 Å². The van der Waals surface area contributed by atoms with E-state index in [2.05, 4.69) is 9.97 Å². The maximum atomic E-state index is 12.0. The van der Waals surface area contributed by atoms with Crippen LogP contribution in [-0.4, -0.2) is 29.9 Å². The third-order valence-corrected chi connectivity index (χ3v) is 3.36. The van der Waals surface area contributed by atoms with Gasteiger partial charge < -0.3 is 15.3 Å². The van der Waals surface area contributed by atoms with Gasteiger partial charge in [0, 0.05) is 18.5 Å². The van der Waals surface area contributed by atoms with E-state index in [4.69, 9.17) is 5.73 Å². The molecular weight excluding hydrogens is 320 g/mol. The molecule has 11 nitrogen and oxygen atoms in total. The molecule has 1 aromatic carbocycles. The molecule has 3 rings (SSSR count). The second-order valence-corrected chi connectivity index (χ2v) is 4.90. The van der Waals surface area contributed by atoms with Gasteiger partial charge in [0.15, 0.2) is 0 Å². The van der Waals surface area contributed by atoms with E-state index in [1.807, 2.05) is 0 Å². The number of imidazole rings is 1. The number of nitro groups is 1. The average molecular weight is 330 g/mol. The minimum Gasteiger partial charge on any atom is -0.368 e. The lowest BCUT2D eigenvalue weighted by Crippen LogP contribution is -2.39. The van der Waals surface area contributed by atoms with Gasteiger partial charge in [0.05, 0.1) is 22.3 Å². The van der Waals surface area contributed by atoms with E-state index in [-0.39, 0.29) is 22.4 Å². The van der Waals surface area contributed by atoms with Gasteiger partial charge in [-0.15, -0.1) is 0 Å². The van der Waals surface area contributed by atoms with Gasteiger partial charge >= 0.3 is 11.1 Å². The number of nitrogens with two attached hydrogens (primary N) is 1. The lowest BCUT2D eigenvalue weighted by atomic mass is 10.2. The van der Waals surface area contributed by atoms with Crippen molar-refractivity contribution in [3.8, 4) is 5.69 Å². The number of carbonyl (C=O) groups is 1. The van der Waals surface area contributed by atoms with Crippen LogP contribution in [0.25, 0.3) is 16.7 Å². The zero-order chi connectivity index (χ0) is 17.4. The number of rotatable bonds is 4. The molecule has 24 heavy (non-hydrogen) atoms. The first-order valence-corrected chi connectivity index (χ1v) is 6.60. The zero-order valence-electron chi connectivity index (χ0n) is 12.0. The van der Waals surface area contributed by atoms with Crippen molar-refractivity contribution in [2.45, 2.75) is 6.54 Å². The van der Waals surface area contributed by atoms with Crippen molar-refractivity contribution in [3.05, 3.63) is 61.7 Å². The van der Waals surface area contributed by atoms with Gasteiger partial charge in [-0.3, -0.25) is 29.1 Å². The van der Waals surface area contributed by atoms with Crippen LogP contribution in [0.2, 0.25) is 0 Å². The number of nitrogens with one attached hydrogen (secondary N) is 1. The van der Waals surface area contributed by atoms with E-state index in [0.29, 0.717) is 0 Å². The van der Waals surface area contributed by atoms with Crippen LogP contribution >= 0.6 is 0 Å². The molecule has 122 valence electrons. The standard InChI is InChI=1S/C13H10N6O5/c14-11(20)5-18-8-4-9(17-2-1-15-6-17)10(19(23)24)3-7(8)16-12(21)13(18)22/h1-4,6H,5H2,(H2,14,20)(H,16,21). The van der Waals surface area contributed by atoms with Crippen molar-refractivity contribution in [2.24, 2.45) is 5.73 Å². The third-order valence-electron chi connectivity index (χ3n) is 3.36. The number of amides is 1. The van der Waals surface area contributed by atoms with E-state index in [9.17, 15) is 24.5 Å². The van der Waals surface area contributed by atoms with Crippen LogP contribution in [0.1, 0.15) is 0 Å². The fourth-order valence-electron chi connectivity index (χ4n) is 2.36. The fraction of sp³-hybridized carbons (Fsp3) is 0.0769. The molecule has 0 saturated heterocycles. The number of primary amides is 1. The number of hydrogen-bond donors (Lipinski definition) is 2. The summed E-state index contributed by atoms with van der Waals surface area (Å²) < 4.78 is 2.25. The van der Waals surface area contributed by atoms with Crippen LogP contribution in [-0.2, 0) is 11.3 Å². The lowest BCUT2D eigenvalue weighted by molar-refractivity contribution is -0.384. The van der Waals surface area contributed by atoms with Gasteiger partial charge in [-0.25, -0.2) is 4.98 Å². The topological polar surface area (TPSA) is 159 Å². The van der Waals surface area contributed by atoms with Crippen molar-refractivity contribution >= 4 is 22.6 Å². The summed E-state index contributed by atoms with van der Waals surface area (Å²) in [5, 5.41) is 11.3. The van der Waals surface area contributed by atoms with E-state index in [0.717, 1.165) is 10.6 Å². The first kappa shape index (κ1) is 15.1. The summed E-state index contributed by atoms with van der Waals surface area (Å²) >= 11 is 0. The number of fused-ring (bicyclic) bond motifs is 1. The minimum atomic E-state index is -1.01. The molecule has 2 heterocycles. The number of aromatic amines is 1. The molecule has 11 heteroatoms. The van der Waals surface area contributed by atoms with Crippen LogP contribution in [0, 0.1) is 10.1 Å². The van der Waals surface area contributed by atoms with Gasteiger partial charge in [-0.1, -0.05) is 0 Å². The second kappa shape index (κ2) is 5.46. The Labute approximate surface area is 132 Å². The van der Waals surface area contributed by atoms with Crippen molar-refractivity contribution in [1.29, 1.82) is 0 Å². The summed E-state index contributed by atoms with van der Waals surface area (Å²) in [6.07, 6.45) is 4.25. The fourth-order valence-corrected chi connectivity index (χ4v) is 2.36. The Hall–Kier alpha value is -3.76. The number of hydrogen-bond acceptors (Lipinski definition) is 6. The zero-order valence-corrected chi connectivity index (χ0v) is 12.0. The van der Waals surface area contributed by atoms with Crippen LogP contribution < -0.4 is 16.9 Å². The van der Waals surface area contributed by atoms with Gasteiger partial charge in [0.25, 0.3) is 5.69 Å². The maximum Gasteiger partial charge on any atom is 0.317 e. The van der Waals surface area contributed by atoms with E-state index in [1.165, 1.54) is 29.4 Å². The van der Waals surface area contributed by atoms with E-state index < -0.39 is 28.5 Å². The van der Waals surface area contributed by atoms with Gasteiger partial charge in [0.2, 0.25) is 5.91 Å². The van der Waals surface area contributed by atoms with Crippen molar-refractivity contribution in [3.63, 3.8) is 0 Å². The van der Waals surface area contributed by atoms with Crippen LogP contribution in [0.5, 0.6) is 0 Å². The molecule has 0 aliphatic rings. The summed E-state index contributed by atoms with van der Waals surface area (Å²) in [6, 6.07) is 2.43. The molecule has 0 aliphatic heterocycles. The first-order valence-electron chi connectivity index (χ1n) is 6.60. The Kier molecular flexibility index (Phi) is 3.45. The number of carbonyl (C=O) groups excluding carboxylic acids is 1. The molecule has 0 unspecified atom stereocenters. The highest BCUT2D eigenvalue weighted by molar-refractivity contribution is 5.83. The normalized spacial score (nSPS) is 10.8. The third kappa shape index (κ3) is 2.43. The molecule has 0 saturated carbocycles. The van der Waals surface area contributed by atoms with Gasteiger partial charge in [0.1, 0.15) is 12.2 Å². The second-order valence-electron chi connectivity index (χ2n) is 4.90. The Morgan fingerprint density at radius 1 is 1.38 bits per heavy atom. The number of nitrogens with zero attached hydrogens (tertiary/aromatic N) is 4. The molecule has 1 amide bonds. The van der Waals surface area contributed by atoms with Crippen molar-refractivity contribution < 1.29 is 9.72 Å². The summed E-state index contributed by atoms with van der Waals surface area (Å²) in [4.78, 5) is 51.7. The smallest absolute Gasteiger partial charge is 0.317 e. The number of nitro benzene ring substituents is 1. The van der Waals surface area contributed by atoms with Gasteiger partial charge in [-0.05, 0) is 6.07 Å². The van der Waals surface area contributed by atoms with Crippen molar-refractivity contribution in [2.75, 3.05) is 0 Å². The summed E-state index contributed by atoms with van der Waals surface area (Å²) in [6.45, 7) is -0.527. The quantitative estimate of drug-likeness (QED) is 0.364. The molecular formula is C13H10N6O5. The highest BCUT2D eigenvalue weighted by Crippen LogP contribution is 2.27. The molecule has 0 atom stereocenters. The average Bonchev–Trinajstić information content (AvgIpc) is 3.04. The van der Waals surface area contributed by atoms with Crippen molar-refractivity contribution in [1.82, 2.24) is 19.1 Å².